The van der Waals surface area contributed by atoms with Gasteiger partial charge in [-0.15, -0.1) is 11.3 Å². The summed E-state index contributed by atoms with van der Waals surface area (Å²) >= 11 is 8.71. The van der Waals surface area contributed by atoms with Crippen molar-refractivity contribution in [1.29, 1.82) is 0 Å². The summed E-state index contributed by atoms with van der Waals surface area (Å²) < 4.78 is 7.39. The smallest absolute Gasteiger partial charge is 0.119 e. The van der Waals surface area contributed by atoms with Gasteiger partial charge in [-0.3, -0.25) is 0 Å². The summed E-state index contributed by atoms with van der Waals surface area (Å²) in [5.74, 6) is 0.865. The molecule has 0 aliphatic rings. The second-order valence-corrected chi connectivity index (χ2v) is 8.48. The molecule has 0 bridgehead atoms. The van der Waals surface area contributed by atoms with Gasteiger partial charge in [0.2, 0.25) is 0 Å². The van der Waals surface area contributed by atoms with E-state index in [1.54, 1.807) is 18.4 Å². The lowest BCUT2D eigenvalue weighted by Gasteiger charge is -2.13. The molecule has 1 aromatic heterocycles. The molecule has 1 atom stereocenters. The van der Waals surface area contributed by atoms with Crippen molar-refractivity contribution in [2.75, 3.05) is 7.11 Å². The standard InChI is InChI=1S/C16H13Br2NOS/c1-20-12-5-4-9-6-11(3-2-10(9)7-12)15(19)13-8-14(17)21-16(13)18/h2-8,15H,19H2,1H3. The van der Waals surface area contributed by atoms with Crippen LogP contribution in [0, 0.1) is 0 Å². The molecule has 2 aromatic carbocycles. The number of benzene rings is 2. The Morgan fingerprint density at radius 2 is 1.76 bits per heavy atom. The Morgan fingerprint density at radius 3 is 2.43 bits per heavy atom. The predicted molar refractivity (Wildman–Crippen MR) is 96.2 cm³/mol. The molecule has 3 rings (SSSR count). The minimum absolute atomic E-state index is 0.145. The van der Waals surface area contributed by atoms with E-state index in [2.05, 4.69) is 62.2 Å². The summed E-state index contributed by atoms with van der Waals surface area (Å²) in [6, 6.07) is 14.3. The SMILES string of the molecule is COc1ccc2cc(C(N)c3cc(Br)sc3Br)ccc2c1. The summed E-state index contributed by atoms with van der Waals surface area (Å²) in [7, 11) is 1.68. The van der Waals surface area contributed by atoms with Crippen LogP contribution < -0.4 is 10.5 Å². The van der Waals surface area contributed by atoms with Crippen LogP contribution in [0.15, 0.2) is 50.0 Å². The van der Waals surface area contributed by atoms with Crippen LogP contribution in [0.2, 0.25) is 0 Å². The van der Waals surface area contributed by atoms with E-state index < -0.39 is 0 Å². The highest BCUT2D eigenvalue weighted by Crippen LogP contribution is 2.37. The van der Waals surface area contributed by atoms with E-state index in [1.165, 1.54) is 0 Å². The Morgan fingerprint density at radius 1 is 1.05 bits per heavy atom. The average molecular weight is 427 g/mol. The summed E-state index contributed by atoms with van der Waals surface area (Å²) in [6.07, 6.45) is 0. The molecule has 3 aromatic rings. The zero-order valence-corrected chi connectivity index (χ0v) is 15.3. The maximum atomic E-state index is 6.41. The summed E-state index contributed by atoms with van der Waals surface area (Å²) in [6.45, 7) is 0. The number of hydrogen-bond donors (Lipinski definition) is 1. The van der Waals surface area contributed by atoms with Crippen LogP contribution in [-0.2, 0) is 0 Å². The third-order valence-electron chi connectivity index (χ3n) is 3.45. The molecule has 0 amide bonds. The molecule has 0 saturated heterocycles. The zero-order chi connectivity index (χ0) is 15.0. The van der Waals surface area contributed by atoms with Crippen LogP contribution in [0.4, 0.5) is 0 Å². The van der Waals surface area contributed by atoms with E-state index in [4.69, 9.17) is 10.5 Å². The number of thiophene rings is 1. The van der Waals surface area contributed by atoms with Gasteiger partial charge < -0.3 is 10.5 Å². The van der Waals surface area contributed by atoms with Crippen molar-refractivity contribution in [1.82, 2.24) is 0 Å². The second-order valence-electron chi connectivity index (χ2n) is 4.73. The first-order valence-electron chi connectivity index (χ1n) is 6.36. The van der Waals surface area contributed by atoms with E-state index in [9.17, 15) is 0 Å². The first-order valence-corrected chi connectivity index (χ1v) is 8.77. The molecule has 2 nitrogen and oxygen atoms in total. The minimum Gasteiger partial charge on any atom is -0.497 e. The fourth-order valence-electron chi connectivity index (χ4n) is 2.31. The van der Waals surface area contributed by atoms with Crippen molar-refractivity contribution in [3.63, 3.8) is 0 Å². The second kappa shape index (κ2) is 6.08. The summed E-state index contributed by atoms with van der Waals surface area (Å²) in [5.41, 5.74) is 8.60. The van der Waals surface area contributed by atoms with Gasteiger partial charge in [-0.1, -0.05) is 18.2 Å². The van der Waals surface area contributed by atoms with Crippen molar-refractivity contribution in [3.05, 3.63) is 61.2 Å². The van der Waals surface area contributed by atoms with Gasteiger partial charge >= 0.3 is 0 Å². The van der Waals surface area contributed by atoms with E-state index in [1.807, 2.05) is 12.1 Å². The quantitative estimate of drug-likeness (QED) is 0.601. The van der Waals surface area contributed by atoms with Gasteiger partial charge in [-0.05, 0) is 78.0 Å². The van der Waals surface area contributed by atoms with Gasteiger partial charge in [0.15, 0.2) is 0 Å². The van der Waals surface area contributed by atoms with Crippen LogP contribution in [-0.4, -0.2) is 7.11 Å². The topological polar surface area (TPSA) is 35.2 Å². The molecule has 5 heteroatoms. The minimum atomic E-state index is -0.145. The molecule has 1 heterocycles. The number of nitrogens with two attached hydrogens (primary N) is 1. The number of fused-ring (bicyclic) bond motifs is 1. The third-order valence-corrected chi connectivity index (χ3v) is 5.83. The molecule has 108 valence electrons. The van der Waals surface area contributed by atoms with Crippen LogP contribution in [0.1, 0.15) is 17.2 Å². The van der Waals surface area contributed by atoms with E-state index in [0.29, 0.717) is 0 Å². The number of methoxy groups -OCH3 is 1. The van der Waals surface area contributed by atoms with Gasteiger partial charge in [0.1, 0.15) is 5.75 Å². The molecular formula is C16H13Br2NOS. The van der Waals surface area contributed by atoms with Crippen molar-refractivity contribution in [3.8, 4) is 5.75 Å². The number of rotatable bonds is 3. The van der Waals surface area contributed by atoms with Crippen molar-refractivity contribution in [2.45, 2.75) is 6.04 Å². The lowest BCUT2D eigenvalue weighted by molar-refractivity contribution is 0.415. The molecule has 0 radical (unpaired) electrons. The Hall–Kier alpha value is -0.880. The van der Waals surface area contributed by atoms with E-state index in [-0.39, 0.29) is 6.04 Å². The largest absolute Gasteiger partial charge is 0.497 e. The summed E-state index contributed by atoms with van der Waals surface area (Å²) in [4.78, 5) is 0. The van der Waals surface area contributed by atoms with Crippen molar-refractivity contribution < 1.29 is 4.74 Å². The van der Waals surface area contributed by atoms with Gasteiger partial charge in [-0.25, -0.2) is 0 Å². The first-order chi connectivity index (χ1) is 10.1. The van der Waals surface area contributed by atoms with E-state index in [0.717, 1.165) is 35.2 Å². The lowest BCUT2D eigenvalue weighted by atomic mass is 9.99. The lowest BCUT2D eigenvalue weighted by Crippen LogP contribution is -2.11. The van der Waals surface area contributed by atoms with Crippen LogP contribution in [0.5, 0.6) is 5.75 Å². The number of hydrogen-bond acceptors (Lipinski definition) is 3. The first kappa shape index (κ1) is 15.0. The Kier molecular flexibility index (Phi) is 4.36. The highest BCUT2D eigenvalue weighted by atomic mass is 79.9. The third kappa shape index (κ3) is 3.01. The maximum absolute atomic E-state index is 6.41. The molecule has 2 N–H and O–H groups in total. The van der Waals surface area contributed by atoms with Crippen molar-refractivity contribution >= 4 is 54.0 Å². The molecule has 0 spiro atoms. The molecular weight excluding hydrogens is 414 g/mol. The van der Waals surface area contributed by atoms with Crippen LogP contribution in [0.25, 0.3) is 10.8 Å². The number of ether oxygens (including phenoxy) is 1. The molecule has 0 saturated carbocycles. The Bertz CT molecular complexity index is 800. The zero-order valence-electron chi connectivity index (χ0n) is 11.3. The van der Waals surface area contributed by atoms with Gasteiger partial charge in [-0.2, -0.15) is 0 Å². The Labute approximate surface area is 144 Å². The molecule has 21 heavy (non-hydrogen) atoms. The fraction of sp³-hybridized carbons (Fsp3) is 0.125. The number of halogens is 2. The van der Waals surface area contributed by atoms with Gasteiger partial charge in [0.25, 0.3) is 0 Å². The predicted octanol–water partition coefficient (Wildman–Crippen LogP) is 5.48. The molecule has 1 unspecified atom stereocenters. The maximum Gasteiger partial charge on any atom is 0.119 e. The monoisotopic (exact) mass is 425 g/mol. The normalized spacial score (nSPS) is 12.6. The highest BCUT2D eigenvalue weighted by Gasteiger charge is 2.15. The molecule has 0 aliphatic heterocycles. The molecule has 0 fully saturated rings. The van der Waals surface area contributed by atoms with Crippen LogP contribution >= 0.6 is 43.2 Å². The van der Waals surface area contributed by atoms with Crippen LogP contribution in [0.3, 0.4) is 0 Å². The highest BCUT2D eigenvalue weighted by molar-refractivity contribution is 9.12. The molecule has 0 aliphatic carbocycles. The average Bonchev–Trinajstić information content (AvgIpc) is 2.84. The Balaban J connectivity index is 2.02. The van der Waals surface area contributed by atoms with Crippen molar-refractivity contribution in [2.24, 2.45) is 5.73 Å². The summed E-state index contributed by atoms with van der Waals surface area (Å²) in [5, 5.41) is 2.31. The van der Waals surface area contributed by atoms with E-state index >= 15 is 0 Å². The fourth-order valence-corrected chi connectivity index (χ4v) is 5.24. The van der Waals surface area contributed by atoms with Gasteiger partial charge in [0, 0.05) is 0 Å². The van der Waals surface area contributed by atoms with Gasteiger partial charge in [0.05, 0.1) is 20.7 Å².